The number of ether oxygens (including phenoxy) is 2. The normalized spacial score (nSPS) is 10.8. The van der Waals surface area contributed by atoms with E-state index >= 15 is 0 Å². The van der Waals surface area contributed by atoms with E-state index in [1.54, 1.807) is 73.7 Å². The molecule has 0 aliphatic heterocycles. The summed E-state index contributed by atoms with van der Waals surface area (Å²) < 4.78 is 10.6. The first kappa shape index (κ1) is 22.6. The summed E-state index contributed by atoms with van der Waals surface area (Å²) in [6, 6.07) is 20.2. The van der Waals surface area contributed by atoms with Crippen molar-refractivity contribution in [3.05, 3.63) is 94.0 Å². The van der Waals surface area contributed by atoms with Gasteiger partial charge < -0.3 is 14.8 Å². The molecule has 0 unspecified atom stereocenters. The molecule has 3 aromatic carbocycles. The van der Waals surface area contributed by atoms with E-state index in [2.05, 4.69) is 5.32 Å². The minimum absolute atomic E-state index is 0.169. The van der Waals surface area contributed by atoms with Gasteiger partial charge in [-0.15, -0.1) is 0 Å². The molecule has 0 saturated heterocycles. The number of halogens is 1. The number of carbonyl (C=O) groups excluding carboxylic acids is 2. The summed E-state index contributed by atoms with van der Waals surface area (Å²) in [7, 11) is 1.53. The van der Waals surface area contributed by atoms with E-state index in [1.165, 1.54) is 13.2 Å². The second-order valence-corrected chi connectivity index (χ2v) is 7.12. The first-order valence-corrected chi connectivity index (χ1v) is 9.94. The fourth-order valence-electron chi connectivity index (χ4n) is 2.85. The van der Waals surface area contributed by atoms with Gasteiger partial charge in [-0.3, -0.25) is 4.79 Å². The first-order valence-electron chi connectivity index (χ1n) is 9.56. The van der Waals surface area contributed by atoms with Crippen LogP contribution in [0.15, 0.2) is 72.3 Å². The van der Waals surface area contributed by atoms with Crippen LogP contribution in [0.25, 0.3) is 6.08 Å². The molecule has 0 aliphatic rings. The van der Waals surface area contributed by atoms with E-state index in [1.807, 2.05) is 6.07 Å². The Kier molecular flexibility index (Phi) is 7.27. The van der Waals surface area contributed by atoms with Gasteiger partial charge in [0, 0.05) is 5.56 Å². The number of anilines is 1. The van der Waals surface area contributed by atoms with Crippen molar-refractivity contribution in [3.63, 3.8) is 0 Å². The number of rotatable bonds is 6. The van der Waals surface area contributed by atoms with Gasteiger partial charge in [0.2, 0.25) is 0 Å². The molecule has 3 aromatic rings. The number of para-hydroxylation sites is 2. The van der Waals surface area contributed by atoms with E-state index in [9.17, 15) is 14.9 Å². The lowest BCUT2D eigenvalue weighted by atomic mass is 10.1. The van der Waals surface area contributed by atoms with E-state index in [0.29, 0.717) is 27.6 Å². The van der Waals surface area contributed by atoms with Crippen LogP contribution in [0.1, 0.15) is 21.5 Å². The molecule has 32 heavy (non-hydrogen) atoms. The number of hydrogen-bond acceptors (Lipinski definition) is 5. The molecular weight excluding hydrogens is 428 g/mol. The molecule has 0 fully saturated rings. The van der Waals surface area contributed by atoms with Gasteiger partial charge in [-0.1, -0.05) is 41.9 Å². The number of methoxy groups -OCH3 is 1. The van der Waals surface area contributed by atoms with Crippen molar-refractivity contribution in [1.82, 2.24) is 0 Å². The maximum absolute atomic E-state index is 12.7. The summed E-state index contributed by atoms with van der Waals surface area (Å²) in [4.78, 5) is 25.2. The number of esters is 1. The molecular formula is C25H19ClN2O4. The highest BCUT2D eigenvalue weighted by molar-refractivity contribution is 6.34. The van der Waals surface area contributed by atoms with Crippen LogP contribution in [0.5, 0.6) is 11.5 Å². The third-order valence-electron chi connectivity index (χ3n) is 4.57. The maximum Gasteiger partial charge on any atom is 0.343 e. The van der Waals surface area contributed by atoms with Crippen LogP contribution in [-0.2, 0) is 4.79 Å². The molecule has 1 N–H and O–H groups in total. The summed E-state index contributed by atoms with van der Waals surface area (Å²) >= 11 is 6.16. The number of nitrogens with one attached hydrogen (secondary N) is 1. The predicted molar refractivity (Wildman–Crippen MR) is 123 cm³/mol. The maximum atomic E-state index is 12.7. The van der Waals surface area contributed by atoms with Gasteiger partial charge in [-0.25, -0.2) is 4.79 Å². The van der Waals surface area contributed by atoms with Crippen LogP contribution < -0.4 is 14.8 Å². The highest BCUT2D eigenvalue weighted by atomic mass is 35.5. The van der Waals surface area contributed by atoms with Crippen molar-refractivity contribution >= 4 is 35.2 Å². The average molecular weight is 447 g/mol. The van der Waals surface area contributed by atoms with Crippen molar-refractivity contribution in [2.75, 3.05) is 12.4 Å². The Labute approximate surface area is 190 Å². The van der Waals surface area contributed by atoms with Crippen LogP contribution in [0.3, 0.4) is 0 Å². The second-order valence-electron chi connectivity index (χ2n) is 6.71. The fourth-order valence-corrected chi connectivity index (χ4v) is 3.12. The Balaban J connectivity index is 1.84. The van der Waals surface area contributed by atoms with Crippen LogP contribution in [0, 0.1) is 18.3 Å². The Morgan fingerprint density at radius 3 is 2.41 bits per heavy atom. The number of nitriles is 1. The minimum atomic E-state index is -0.625. The number of nitrogens with zero attached hydrogens (tertiary/aromatic N) is 1. The van der Waals surface area contributed by atoms with Gasteiger partial charge in [-0.05, 0) is 55.0 Å². The molecule has 6 nitrogen and oxygen atoms in total. The molecule has 1 amide bonds. The van der Waals surface area contributed by atoms with Crippen LogP contribution in [-0.4, -0.2) is 19.0 Å². The third kappa shape index (κ3) is 5.34. The zero-order chi connectivity index (χ0) is 23.1. The van der Waals surface area contributed by atoms with Gasteiger partial charge in [0.1, 0.15) is 23.1 Å². The first-order chi connectivity index (χ1) is 15.4. The Hall–Kier alpha value is -4.08. The van der Waals surface area contributed by atoms with E-state index in [-0.39, 0.29) is 11.3 Å². The van der Waals surface area contributed by atoms with E-state index in [4.69, 9.17) is 21.1 Å². The van der Waals surface area contributed by atoms with Gasteiger partial charge in [0.05, 0.1) is 23.4 Å². The summed E-state index contributed by atoms with van der Waals surface area (Å²) in [5.41, 5.74) is 1.75. The lowest BCUT2D eigenvalue weighted by molar-refractivity contribution is -0.112. The van der Waals surface area contributed by atoms with Gasteiger partial charge in [0.25, 0.3) is 5.91 Å². The Bertz CT molecular complexity index is 1210. The van der Waals surface area contributed by atoms with Crippen LogP contribution in [0.2, 0.25) is 5.02 Å². The molecule has 7 heteroatoms. The standard InChI is InChI=1S/C25H19ClN2O4/c1-16-6-5-8-21(26)23(16)28-24(29)19(15-27)14-18-7-3-4-9-22(18)32-25(30)17-10-12-20(31-2)13-11-17/h3-14H,1-2H3,(H,28,29)/b19-14+. The predicted octanol–water partition coefficient (Wildman–Crippen LogP) is 5.42. The molecule has 0 heterocycles. The minimum Gasteiger partial charge on any atom is -0.497 e. The SMILES string of the molecule is COc1ccc(C(=O)Oc2ccccc2/C=C(\C#N)C(=O)Nc2c(C)cccc2Cl)cc1. The van der Waals surface area contributed by atoms with Gasteiger partial charge in [-0.2, -0.15) is 5.26 Å². The largest absolute Gasteiger partial charge is 0.497 e. The third-order valence-corrected chi connectivity index (χ3v) is 4.89. The number of aryl methyl sites for hydroxylation is 1. The van der Waals surface area contributed by atoms with Gasteiger partial charge >= 0.3 is 5.97 Å². The number of amides is 1. The topological polar surface area (TPSA) is 88.4 Å². The number of hydrogen-bond donors (Lipinski definition) is 1. The van der Waals surface area contributed by atoms with Crippen molar-refractivity contribution in [1.29, 1.82) is 5.26 Å². The summed E-state index contributed by atoms with van der Waals surface area (Å²) in [6.07, 6.45) is 1.36. The molecule has 0 aliphatic carbocycles. The number of carbonyl (C=O) groups is 2. The number of benzene rings is 3. The molecule has 0 radical (unpaired) electrons. The van der Waals surface area contributed by atoms with Gasteiger partial charge in [0.15, 0.2) is 0 Å². The Morgan fingerprint density at radius 1 is 1.03 bits per heavy atom. The second kappa shape index (κ2) is 10.3. The average Bonchev–Trinajstić information content (AvgIpc) is 2.80. The summed E-state index contributed by atoms with van der Waals surface area (Å²) in [5, 5.41) is 12.6. The Morgan fingerprint density at radius 2 is 1.75 bits per heavy atom. The lowest BCUT2D eigenvalue weighted by Gasteiger charge is -2.11. The van der Waals surface area contributed by atoms with Crippen molar-refractivity contribution < 1.29 is 19.1 Å². The van der Waals surface area contributed by atoms with Crippen molar-refractivity contribution in [2.24, 2.45) is 0 Å². The molecule has 3 rings (SSSR count). The molecule has 160 valence electrons. The van der Waals surface area contributed by atoms with Crippen LogP contribution in [0.4, 0.5) is 5.69 Å². The van der Waals surface area contributed by atoms with Crippen LogP contribution >= 0.6 is 11.6 Å². The summed E-state index contributed by atoms with van der Waals surface area (Å²) in [6.45, 7) is 1.80. The quantitative estimate of drug-likeness (QED) is 0.236. The molecule has 0 bridgehead atoms. The molecule has 0 spiro atoms. The zero-order valence-corrected chi connectivity index (χ0v) is 18.1. The fraction of sp³-hybridized carbons (Fsp3) is 0.0800. The van der Waals surface area contributed by atoms with E-state index < -0.39 is 11.9 Å². The van der Waals surface area contributed by atoms with Crippen molar-refractivity contribution in [3.8, 4) is 17.6 Å². The molecule has 0 saturated carbocycles. The summed E-state index contributed by atoms with van der Waals surface area (Å²) in [5.74, 6) is -0.380. The highest BCUT2D eigenvalue weighted by Gasteiger charge is 2.16. The molecule has 0 aromatic heterocycles. The molecule has 0 atom stereocenters. The smallest absolute Gasteiger partial charge is 0.343 e. The van der Waals surface area contributed by atoms with E-state index in [0.717, 1.165) is 5.56 Å². The highest BCUT2D eigenvalue weighted by Crippen LogP contribution is 2.27. The monoisotopic (exact) mass is 446 g/mol. The lowest BCUT2D eigenvalue weighted by Crippen LogP contribution is -2.15. The van der Waals surface area contributed by atoms with Crippen molar-refractivity contribution in [2.45, 2.75) is 6.92 Å². The zero-order valence-electron chi connectivity index (χ0n) is 17.4.